The molecule has 0 radical (unpaired) electrons. The fourth-order valence-corrected chi connectivity index (χ4v) is 2.72. The number of pyridine rings is 1. The molecule has 5 heteroatoms. The third kappa shape index (κ3) is 3.23. The molecule has 0 amide bonds. The lowest BCUT2D eigenvalue weighted by Gasteiger charge is -2.29. The summed E-state index contributed by atoms with van der Waals surface area (Å²) in [7, 11) is 1.92. The third-order valence-corrected chi connectivity index (χ3v) is 3.71. The van der Waals surface area contributed by atoms with Crippen LogP contribution in [0.1, 0.15) is 36.9 Å². The van der Waals surface area contributed by atoms with E-state index in [-0.39, 0.29) is 5.84 Å². The van der Waals surface area contributed by atoms with Gasteiger partial charge >= 0.3 is 0 Å². The van der Waals surface area contributed by atoms with E-state index in [0.717, 1.165) is 37.2 Å². The summed E-state index contributed by atoms with van der Waals surface area (Å²) in [4.78, 5) is 6.40. The number of rotatable bonds is 4. The van der Waals surface area contributed by atoms with Crippen LogP contribution in [0.2, 0.25) is 0 Å². The lowest BCUT2D eigenvalue weighted by Crippen LogP contribution is -2.39. The molecular weight excluding hydrogens is 240 g/mol. The zero-order valence-corrected chi connectivity index (χ0v) is 11.6. The second-order valence-electron chi connectivity index (χ2n) is 5.56. The molecule has 1 heterocycles. The Morgan fingerprint density at radius 3 is 2.68 bits per heavy atom. The monoisotopic (exact) mass is 262 g/mol. The summed E-state index contributed by atoms with van der Waals surface area (Å²) < 4.78 is 0. The molecule has 1 aliphatic carbocycles. The predicted molar refractivity (Wildman–Crippen MR) is 76.7 cm³/mol. The van der Waals surface area contributed by atoms with Gasteiger partial charge in [0.2, 0.25) is 0 Å². The number of nitrogens with zero attached hydrogens (tertiary/aromatic N) is 2. The second kappa shape index (κ2) is 5.17. The van der Waals surface area contributed by atoms with E-state index in [2.05, 4.69) is 4.98 Å². The molecule has 0 aliphatic heterocycles. The van der Waals surface area contributed by atoms with Gasteiger partial charge in [0.05, 0.1) is 5.60 Å². The van der Waals surface area contributed by atoms with E-state index in [1.54, 1.807) is 12.1 Å². The van der Waals surface area contributed by atoms with Gasteiger partial charge in [-0.05, 0) is 31.9 Å². The Hall–Kier alpha value is -1.62. The Morgan fingerprint density at radius 1 is 1.47 bits per heavy atom. The Kier molecular flexibility index (Phi) is 3.75. The van der Waals surface area contributed by atoms with Crippen molar-refractivity contribution in [2.45, 2.75) is 38.2 Å². The number of nitrogens with one attached hydrogen (secondary N) is 1. The van der Waals surface area contributed by atoms with Crippen LogP contribution in [-0.2, 0) is 0 Å². The van der Waals surface area contributed by atoms with E-state index in [1.165, 1.54) is 0 Å². The molecular formula is C14H22N4O. The molecule has 104 valence electrons. The number of hydrogen-bond acceptors (Lipinski definition) is 4. The maximum atomic E-state index is 10.4. The number of anilines is 1. The van der Waals surface area contributed by atoms with Gasteiger partial charge in [-0.1, -0.05) is 12.8 Å². The van der Waals surface area contributed by atoms with Gasteiger partial charge in [0.15, 0.2) is 0 Å². The van der Waals surface area contributed by atoms with Gasteiger partial charge in [-0.3, -0.25) is 5.41 Å². The summed E-state index contributed by atoms with van der Waals surface area (Å²) in [6.07, 6.45) is 3.88. The molecule has 1 fully saturated rings. The molecule has 1 aromatic rings. The average Bonchev–Trinajstić information content (AvgIpc) is 2.74. The lowest BCUT2D eigenvalue weighted by molar-refractivity contribution is 0.0558. The molecule has 1 saturated carbocycles. The molecule has 4 N–H and O–H groups in total. The SMILES string of the molecule is Cc1cc(C(=N)N)cc(N(C)CC2(O)CCCC2)n1. The molecule has 19 heavy (non-hydrogen) atoms. The van der Waals surface area contributed by atoms with Crippen LogP contribution in [0.3, 0.4) is 0 Å². The molecule has 0 aromatic carbocycles. The van der Waals surface area contributed by atoms with Gasteiger partial charge in [-0.25, -0.2) is 4.98 Å². The van der Waals surface area contributed by atoms with Gasteiger partial charge in [0, 0.05) is 24.8 Å². The molecule has 1 aromatic heterocycles. The van der Waals surface area contributed by atoms with Crippen molar-refractivity contribution in [2.24, 2.45) is 5.73 Å². The van der Waals surface area contributed by atoms with Crippen LogP contribution < -0.4 is 10.6 Å². The fourth-order valence-electron chi connectivity index (χ4n) is 2.72. The normalized spacial score (nSPS) is 17.4. The molecule has 1 aliphatic rings. The van der Waals surface area contributed by atoms with Crippen molar-refractivity contribution >= 4 is 11.7 Å². The van der Waals surface area contributed by atoms with E-state index in [1.807, 2.05) is 18.9 Å². The molecule has 0 saturated heterocycles. The van der Waals surface area contributed by atoms with Crippen LogP contribution in [0.25, 0.3) is 0 Å². The smallest absolute Gasteiger partial charge is 0.129 e. The third-order valence-electron chi connectivity index (χ3n) is 3.71. The number of aryl methyl sites for hydroxylation is 1. The van der Waals surface area contributed by atoms with Crippen LogP contribution in [-0.4, -0.2) is 35.1 Å². The number of aromatic nitrogens is 1. The quantitative estimate of drug-likeness (QED) is 0.565. The Labute approximate surface area is 114 Å². The van der Waals surface area contributed by atoms with Gasteiger partial charge in [0.25, 0.3) is 0 Å². The molecule has 0 atom stereocenters. The molecule has 0 spiro atoms. The van der Waals surface area contributed by atoms with Crippen LogP contribution >= 0.6 is 0 Å². The first-order valence-electron chi connectivity index (χ1n) is 6.66. The number of amidine groups is 1. The molecule has 5 nitrogen and oxygen atoms in total. The van der Waals surface area contributed by atoms with E-state index < -0.39 is 5.60 Å². The summed E-state index contributed by atoms with van der Waals surface area (Å²) in [5.41, 5.74) is 6.43. The van der Waals surface area contributed by atoms with Gasteiger partial charge in [-0.15, -0.1) is 0 Å². The van der Waals surface area contributed by atoms with Crippen LogP contribution in [0, 0.1) is 12.3 Å². The van der Waals surface area contributed by atoms with Crippen molar-refractivity contribution in [1.29, 1.82) is 5.41 Å². The Bertz CT molecular complexity index is 480. The van der Waals surface area contributed by atoms with Crippen molar-refractivity contribution in [3.8, 4) is 0 Å². The predicted octanol–water partition coefficient (Wildman–Crippen LogP) is 1.42. The van der Waals surface area contributed by atoms with Crippen molar-refractivity contribution in [1.82, 2.24) is 4.98 Å². The topological polar surface area (TPSA) is 86.2 Å². The maximum Gasteiger partial charge on any atom is 0.129 e. The summed E-state index contributed by atoms with van der Waals surface area (Å²) >= 11 is 0. The summed E-state index contributed by atoms with van der Waals surface area (Å²) in [5.74, 6) is 0.797. The highest BCUT2D eigenvalue weighted by atomic mass is 16.3. The summed E-state index contributed by atoms with van der Waals surface area (Å²) in [6.45, 7) is 2.45. The van der Waals surface area contributed by atoms with Crippen molar-refractivity contribution < 1.29 is 5.11 Å². The Balaban J connectivity index is 2.18. The van der Waals surface area contributed by atoms with Gasteiger partial charge in [0.1, 0.15) is 11.7 Å². The van der Waals surface area contributed by atoms with E-state index in [9.17, 15) is 5.11 Å². The van der Waals surface area contributed by atoms with Crippen molar-refractivity contribution in [2.75, 3.05) is 18.5 Å². The minimum Gasteiger partial charge on any atom is -0.388 e. The molecule has 2 rings (SSSR count). The second-order valence-corrected chi connectivity index (χ2v) is 5.56. The first kappa shape index (κ1) is 13.8. The first-order chi connectivity index (χ1) is 8.89. The first-order valence-corrected chi connectivity index (χ1v) is 6.66. The highest BCUT2D eigenvalue weighted by Gasteiger charge is 2.32. The zero-order chi connectivity index (χ0) is 14.0. The number of hydrogen-bond donors (Lipinski definition) is 3. The molecule has 0 bridgehead atoms. The maximum absolute atomic E-state index is 10.4. The number of nitrogens with two attached hydrogens (primary N) is 1. The average molecular weight is 262 g/mol. The van der Waals surface area contributed by atoms with Crippen LogP contribution in [0.5, 0.6) is 0 Å². The standard InChI is InChI=1S/C14H22N4O/c1-10-7-11(13(15)16)8-12(17-10)18(2)9-14(19)5-3-4-6-14/h7-8,19H,3-6,9H2,1-2H3,(H3,15,16). The van der Waals surface area contributed by atoms with Gasteiger partial charge in [-0.2, -0.15) is 0 Å². The van der Waals surface area contributed by atoms with Crippen molar-refractivity contribution in [3.05, 3.63) is 23.4 Å². The Morgan fingerprint density at radius 2 is 2.11 bits per heavy atom. The van der Waals surface area contributed by atoms with Gasteiger partial charge < -0.3 is 15.7 Å². The summed E-state index contributed by atoms with van der Waals surface area (Å²) in [6, 6.07) is 3.59. The van der Waals surface area contributed by atoms with E-state index in [4.69, 9.17) is 11.1 Å². The number of likely N-dealkylation sites (N-methyl/N-ethyl adjacent to an activating group) is 1. The van der Waals surface area contributed by atoms with E-state index >= 15 is 0 Å². The van der Waals surface area contributed by atoms with E-state index in [0.29, 0.717) is 12.1 Å². The zero-order valence-electron chi connectivity index (χ0n) is 11.6. The van der Waals surface area contributed by atoms with Crippen LogP contribution in [0.4, 0.5) is 5.82 Å². The minimum absolute atomic E-state index is 0.0414. The summed E-state index contributed by atoms with van der Waals surface area (Å²) in [5, 5.41) is 17.9. The van der Waals surface area contributed by atoms with Crippen LogP contribution in [0.15, 0.2) is 12.1 Å². The molecule has 0 unspecified atom stereocenters. The number of aliphatic hydroxyl groups is 1. The highest BCUT2D eigenvalue weighted by Crippen LogP contribution is 2.31. The fraction of sp³-hybridized carbons (Fsp3) is 0.571. The highest BCUT2D eigenvalue weighted by molar-refractivity contribution is 5.95. The lowest BCUT2D eigenvalue weighted by atomic mass is 10.0. The van der Waals surface area contributed by atoms with Crippen molar-refractivity contribution in [3.63, 3.8) is 0 Å². The minimum atomic E-state index is -0.601. The number of nitrogen functional groups attached to an aromatic ring is 1. The largest absolute Gasteiger partial charge is 0.388 e.